The number of amides is 5. The highest BCUT2D eigenvalue weighted by molar-refractivity contribution is 5.97. The molecule has 1 saturated heterocycles. The lowest BCUT2D eigenvalue weighted by molar-refractivity contribution is -0.137. The molecule has 1 aliphatic heterocycles. The smallest absolute Gasteiger partial charge is 0.330 e. The summed E-state index contributed by atoms with van der Waals surface area (Å²) in [5.41, 5.74) is 0.0202. The molecule has 0 spiro atoms. The van der Waals surface area contributed by atoms with Gasteiger partial charge in [0, 0.05) is 30.6 Å². The van der Waals surface area contributed by atoms with Gasteiger partial charge in [0.1, 0.15) is 23.9 Å². The van der Waals surface area contributed by atoms with Crippen LogP contribution in [-0.4, -0.2) is 78.0 Å². The molecule has 1 aliphatic rings. The number of esters is 1. The number of hydrogen-bond acceptors (Lipinski definition) is 9. The third kappa shape index (κ3) is 11.5. The second kappa shape index (κ2) is 17.2. The molecule has 5 N–H and O–H groups in total. The third-order valence-electron chi connectivity index (χ3n) is 6.97. The van der Waals surface area contributed by atoms with Gasteiger partial charge in [0.25, 0.3) is 5.91 Å². The zero-order chi connectivity index (χ0) is 33.0. The number of nitrogens with zero attached hydrogens (tertiary/aromatic N) is 1. The molecule has 0 aliphatic carbocycles. The van der Waals surface area contributed by atoms with Crippen molar-refractivity contribution in [3.63, 3.8) is 0 Å². The molecule has 1 aromatic heterocycles. The van der Waals surface area contributed by atoms with E-state index in [9.17, 15) is 28.8 Å². The van der Waals surface area contributed by atoms with Crippen molar-refractivity contribution in [2.75, 3.05) is 13.2 Å². The van der Waals surface area contributed by atoms with Gasteiger partial charge in [-0.05, 0) is 51.9 Å². The Morgan fingerprint density at radius 2 is 1.75 bits per heavy atom. The molecule has 2 rings (SSSR count). The van der Waals surface area contributed by atoms with Gasteiger partial charge in [-0.2, -0.15) is 0 Å². The highest BCUT2D eigenvalue weighted by Gasteiger charge is 2.33. The fraction of sp³-hybridized carbons (Fsp3) is 0.633. The normalized spacial score (nSPS) is 17.5. The van der Waals surface area contributed by atoms with Gasteiger partial charge in [-0.1, -0.05) is 38.9 Å². The Morgan fingerprint density at radius 3 is 2.30 bits per heavy atom. The Balaban J connectivity index is 2.13. The average molecular weight is 619 g/mol. The molecule has 1 aromatic rings. The van der Waals surface area contributed by atoms with Gasteiger partial charge >= 0.3 is 5.97 Å². The van der Waals surface area contributed by atoms with E-state index in [1.165, 1.54) is 25.1 Å². The third-order valence-corrected chi connectivity index (χ3v) is 6.97. The van der Waals surface area contributed by atoms with E-state index in [-0.39, 0.29) is 48.8 Å². The zero-order valence-corrected chi connectivity index (χ0v) is 26.5. The van der Waals surface area contributed by atoms with E-state index in [1.54, 1.807) is 27.7 Å². The standard InChI is InChI=1S/C30H46N6O8/c1-8-43-24(37)10-9-21(15-20-11-12-31-27(20)39)33-28(40)22(13-16(2)3)34-30(42)25(17(4)5)35-26(38)19(7)32-29(41)23-14-18(6)44-36-23/h9-10,14,16-17,19-22,25H,8,11-13,15H2,1-7H3,(H,31,39)(H,32,41)(H,33,40)(H,34,42)(H,35,38)/b10-9+/t19-,20+,21-,22+,25+/m1/s1. The van der Waals surface area contributed by atoms with Crippen LogP contribution < -0.4 is 26.6 Å². The van der Waals surface area contributed by atoms with Crippen LogP contribution in [0.1, 0.15) is 77.1 Å². The van der Waals surface area contributed by atoms with Crippen molar-refractivity contribution < 1.29 is 38.0 Å². The lowest BCUT2D eigenvalue weighted by Gasteiger charge is -2.28. The Kier molecular flexibility index (Phi) is 14.0. The Hall–Kier alpha value is -4.23. The molecule has 0 radical (unpaired) electrons. The van der Waals surface area contributed by atoms with Gasteiger partial charge < -0.3 is 35.8 Å². The molecule has 0 saturated carbocycles. The molecule has 5 atom stereocenters. The van der Waals surface area contributed by atoms with Gasteiger partial charge in [0.05, 0.1) is 6.61 Å². The quantitative estimate of drug-likeness (QED) is 0.132. The summed E-state index contributed by atoms with van der Waals surface area (Å²) in [5, 5.41) is 17.2. The van der Waals surface area contributed by atoms with Crippen LogP contribution in [0.5, 0.6) is 0 Å². The number of hydrogen-bond donors (Lipinski definition) is 5. The first-order valence-electron chi connectivity index (χ1n) is 15.0. The SMILES string of the molecule is CCOC(=O)/C=C/[C@H](C[C@@H]1CCNC1=O)NC(=O)[C@H](CC(C)C)NC(=O)[C@@H](NC(=O)[C@@H](C)NC(=O)c1cc(C)on1)C(C)C. The fourth-order valence-corrected chi connectivity index (χ4v) is 4.62. The predicted molar refractivity (Wildman–Crippen MR) is 160 cm³/mol. The van der Waals surface area contributed by atoms with Gasteiger partial charge in [-0.3, -0.25) is 24.0 Å². The summed E-state index contributed by atoms with van der Waals surface area (Å²) in [6.07, 6.45) is 3.85. The highest BCUT2D eigenvalue weighted by Crippen LogP contribution is 2.18. The summed E-state index contributed by atoms with van der Waals surface area (Å²) in [6, 6.07) is -2.22. The molecule has 244 valence electrons. The summed E-state index contributed by atoms with van der Waals surface area (Å²) in [5.74, 6) is -3.23. The van der Waals surface area contributed by atoms with Gasteiger partial charge in [0.15, 0.2) is 5.69 Å². The van der Waals surface area contributed by atoms with Gasteiger partial charge in [-0.25, -0.2) is 4.79 Å². The number of aromatic nitrogens is 1. The predicted octanol–water partition coefficient (Wildman–Crippen LogP) is 0.903. The van der Waals surface area contributed by atoms with Crippen molar-refractivity contribution >= 4 is 35.5 Å². The van der Waals surface area contributed by atoms with Crippen LogP contribution in [0.15, 0.2) is 22.7 Å². The van der Waals surface area contributed by atoms with Crippen molar-refractivity contribution in [1.82, 2.24) is 31.7 Å². The van der Waals surface area contributed by atoms with E-state index >= 15 is 0 Å². The maximum absolute atomic E-state index is 13.5. The molecular weight excluding hydrogens is 572 g/mol. The Bertz CT molecular complexity index is 1210. The van der Waals surface area contributed by atoms with Crippen molar-refractivity contribution in [1.29, 1.82) is 0 Å². The Labute approximate surface area is 257 Å². The van der Waals surface area contributed by atoms with Gasteiger partial charge in [0.2, 0.25) is 23.6 Å². The first-order chi connectivity index (χ1) is 20.7. The van der Waals surface area contributed by atoms with Crippen LogP contribution in [0, 0.1) is 24.7 Å². The highest BCUT2D eigenvalue weighted by atomic mass is 16.5. The molecule has 0 aromatic carbocycles. The summed E-state index contributed by atoms with van der Waals surface area (Å²) in [4.78, 5) is 76.4. The zero-order valence-electron chi connectivity index (χ0n) is 26.5. The molecule has 14 heteroatoms. The van der Waals surface area contributed by atoms with Crippen LogP contribution in [-0.2, 0) is 28.7 Å². The molecule has 1 fully saturated rings. The number of ether oxygens (including phenoxy) is 1. The number of aryl methyl sites for hydroxylation is 1. The van der Waals surface area contributed by atoms with E-state index in [4.69, 9.17) is 9.26 Å². The average Bonchev–Trinajstić information content (AvgIpc) is 3.56. The first-order valence-corrected chi connectivity index (χ1v) is 15.0. The van der Waals surface area contributed by atoms with E-state index in [2.05, 4.69) is 31.7 Å². The van der Waals surface area contributed by atoms with E-state index in [0.29, 0.717) is 18.7 Å². The second-order valence-corrected chi connectivity index (χ2v) is 11.7. The molecule has 5 amide bonds. The molecular formula is C30H46N6O8. The summed E-state index contributed by atoms with van der Waals surface area (Å²) in [7, 11) is 0. The monoisotopic (exact) mass is 618 g/mol. The van der Waals surface area contributed by atoms with Crippen molar-refractivity contribution in [3.8, 4) is 0 Å². The molecule has 14 nitrogen and oxygen atoms in total. The van der Waals surface area contributed by atoms with Crippen molar-refractivity contribution in [3.05, 3.63) is 29.7 Å². The van der Waals surface area contributed by atoms with E-state index in [1.807, 2.05) is 13.8 Å². The number of carbonyl (C=O) groups is 6. The lowest BCUT2D eigenvalue weighted by atomic mass is 9.96. The lowest BCUT2D eigenvalue weighted by Crippen LogP contribution is -2.58. The number of nitrogens with one attached hydrogen (secondary N) is 5. The largest absolute Gasteiger partial charge is 0.463 e. The topological polar surface area (TPSA) is 198 Å². The summed E-state index contributed by atoms with van der Waals surface area (Å²) in [6.45, 7) is 12.8. The van der Waals surface area contributed by atoms with Crippen LogP contribution >= 0.6 is 0 Å². The molecule has 0 bridgehead atoms. The maximum atomic E-state index is 13.5. The van der Waals surface area contributed by atoms with Gasteiger partial charge in [-0.15, -0.1) is 0 Å². The Morgan fingerprint density at radius 1 is 1.05 bits per heavy atom. The minimum absolute atomic E-state index is 0.0164. The molecule has 2 heterocycles. The van der Waals surface area contributed by atoms with Crippen LogP contribution in [0.2, 0.25) is 0 Å². The minimum Gasteiger partial charge on any atom is -0.463 e. The maximum Gasteiger partial charge on any atom is 0.330 e. The number of carbonyl (C=O) groups excluding carboxylic acids is 6. The van der Waals surface area contributed by atoms with Crippen molar-refractivity contribution in [2.24, 2.45) is 17.8 Å². The molecule has 0 unspecified atom stereocenters. The van der Waals surface area contributed by atoms with E-state index in [0.717, 1.165) is 0 Å². The summed E-state index contributed by atoms with van der Waals surface area (Å²) < 4.78 is 9.84. The molecule has 44 heavy (non-hydrogen) atoms. The minimum atomic E-state index is -1.01. The van der Waals surface area contributed by atoms with E-state index < -0.39 is 53.8 Å². The first kappa shape index (κ1) is 36.0. The van der Waals surface area contributed by atoms with Crippen LogP contribution in [0.3, 0.4) is 0 Å². The number of rotatable bonds is 16. The van der Waals surface area contributed by atoms with Crippen molar-refractivity contribution in [2.45, 2.75) is 91.9 Å². The fourth-order valence-electron chi connectivity index (χ4n) is 4.62. The second-order valence-electron chi connectivity index (χ2n) is 11.7. The van der Waals surface area contributed by atoms with Crippen LogP contribution in [0.4, 0.5) is 0 Å². The van der Waals surface area contributed by atoms with Crippen LogP contribution in [0.25, 0.3) is 0 Å². The summed E-state index contributed by atoms with van der Waals surface area (Å²) >= 11 is 0.